The molecule has 0 aliphatic rings. The molecule has 0 bridgehead atoms. The molecule has 0 radical (unpaired) electrons. The number of nitrogens with two attached hydrogens (primary N) is 1. The van der Waals surface area contributed by atoms with Crippen LogP contribution < -0.4 is 11.1 Å². The Morgan fingerprint density at radius 3 is 2.32 bits per heavy atom. The largest absolute Gasteiger partial charge is 0.461 e. The van der Waals surface area contributed by atoms with Crippen molar-refractivity contribution in [3.63, 3.8) is 0 Å². The number of anilines is 2. The van der Waals surface area contributed by atoms with Crippen LogP contribution in [0, 0.1) is 0 Å². The Morgan fingerprint density at radius 1 is 1.08 bits per heavy atom. The summed E-state index contributed by atoms with van der Waals surface area (Å²) >= 11 is 0. The zero-order chi connectivity index (χ0) is 18.4. The van der Waals surface area contributed by atoms with E-state index in [2.05, 4.69) is 5.32 Å². The highest BCUT2D eigenvalue weighted by atomic mass is 16.5. The van der Waals surface area contributed by atoms with Crippen molar-refractivity contribution < 1.29 is 23.8 Å². The van der Waals surface area contributed by atoms with Gasteiger partial charge in [0.1, 0.15) is 24.8 Å². The molecule has 2 aromatic rings. The average molecular weight is 350 g/mol. The fourth-order valence-electron chi connectivity index (χ4n) is 2.36. The maximum Gasteiger partial charge on any atom is 0.355 e. The molecule has 0 aromatic carbocycles. The van der Waals surface area contributed by atoms with Crippen molar-refractivity contribution in [2.24, 2.45) is 0 Å². The SMILES string of the molecule is CCOC(=O)c1cc(NC(=O)c2cc(N)cn2COC)cn1COC. The first-order valence-electron chi connectivity index (χ1n) is 7.62. The molecule has 0 unspecified atom stereocenters. The number of rotatable bonds is 8. The number of hydrogen-bond donors (Lipinski definition) is 2. The maximum absolute atomic E-state index is 12.5. The van der Waals surface area contributed by atoms with Crippen LogP contribution in [0.15, 0.2) is 24.5 Å². The highest BCUT2D eigenvalue weighted by molar-refractivity contribution is 6.04. The molecule has 0 atom stereocenters. The van der Waals surface area contributed by atoms with Gasteiger partial charge >= 0.3 is 5.97 Å². The summed E-state index contributed by atoms with van der Waals surface area (Å²) in [6, 6.07) is 3.08. The van der Waals surface area contributed by atoms with Gasteiger partial charge in [0.15, 0.2) is 0 Å². The fourth-order valence-corrected chi connectivity index (χ4v) is 2.36. The number of ether oxygens (including phenoxy) is 3. The van der Waals surface area contributed by atoms with E-state index in [1.165, 1.54) is 20.3 Å². The van der Waals surface area contributed by atoms with Crippen LogP contribution in [0.25, 0.3) is 0 Å². The zero-order valence-corrected chi connectivity index (χ0v) is 14.4. The predicted molar refractivity (Wildman–Crippen MR) is 91.2 cm³/mol. The van der Waals surface area contributed by atoms with Crippen molar-refractivity contribution in [1.82, 2.24) is 9.13 Å². The monoisotopic (exact) mass is 350 g/mol. The van der Waals surface area contributed by atoms with Crippen molar-refractivity contribution in [3.05, 3.63) is 35.9 Å². The van der Waals surface area contributed by atoms with Gasteiger partial charge in [0.05, 0.1) is 18.0 Å². The van der Waals surface area contributed by atoms with E-state index < -0.39 is 5.97 Å². The van der Waals surface area contributed by atoms with Gasteiger partial charge in [-0.25, -0.2) is 4.79 Å². The van der Waals surface area contributed by atoms with Gasteiger partial charge in [-0.15, -0.1) is 0 Å². The Bertz CT molecular complexity index is 750. The Labute approximate surface area is 145 Å². The van der Waals surface area contributed by atoms with Gasteiger partial charge in [-0.1, -0.05) is 0 Å². The van der Waals surface area contributed by atoms with Crippen LogP contribution in [-0.4, -0.2) is 41.8 Å². The minimum absolute atomic E-state index is 0.150. The molecule has 2 aromatic heterocycles. The second-order valence-electron chi connectivity index (χ2n) is 5.22. The number of carbonyl (C=O) groups is 2. The van der Waals surface area contributed by atoms with E-state index in [1.807, 2.05) is 0 Å². The number of aromatic nitrogens is 2. The summed E-state index contributed by atoms with van der Waals surface area (Å²) in [5.41, 5.74) is 7.26. The van der Waals surface area contributed by atoms with E-state index in [0.29, 0.717) is 17.1 Å². The highest BCUT2D eigenvalue weighted by Crippen LogP contribution is 2.18. The number of nitrogens with one attached hydrogen (secondary N) is 1. The molecule has 136 valence electrons. The van der Waals surface area contributed by atoms with E-state index in [4.69, 9.17) is 19.9 Å². The Balaban J connectivity index is 2.23. The topological polar surface area (TPSA) is 110 Å². The molecule has 0 spiro atoms. The number of nitrogens with zero attached hydrogens (tertiary/aromatic N) is 2. The van der Waals surface area contributed by atoms with Crippen LogP contribution in [0.1, 0.15) is 27.9 Å². The molecular formula is C16H22N4O5. The molecular weight excluding hydrogens is 328 g/mol. The van der Waals surface area contributed by atoms with E-state index in [0.717, 1.165) is 0 Å². The highest BCUT2D eigenvalue weighted by Gasteiger charge is 2.18. The Morgan fingerprint density at radius 2 is 1.72 bits per heavy atom. The summed E-state index contributed by atoms with van der Waals surface area (Å²) in [7, 11) is 3.03. The van der Waals surface area contributed by atoms with E-state index in [9.17, 15) is 9.59 Å². The molecule has 0 saturated carbocycles. The van der Waals surface area contributed by atoms with Crippen LogP contribution >= 0.6 is 0 Å². The van der Waals surface area contributed by atoms with Gasteiger partial charge in [0, 0.05) is 26.6 Å². The van der Waals surface area contributed by atoms with E-state index in [-0.39, 0.29) is 31.7 Å². The van der Waals surface area contributed by atoms with Crippen LogP contribution in [-0.2, 0) is 27.7 Å². The molecule has 9 heteroatoms. The minimum atomic E-state index is -0.493. The lowest BCUT2D eigenvalue weighted by molar-refractivity contribution is 0.0494. The number of methoxy groups -OCH3 is 2. The maximum atomic E-state index is 12.5. The van der Waals surface area contributed by atoms with Crippen LogP contribution in [0.5, 0.6) is 0 Å². The number of esters is 1. The molecule has 25 heavy (non-hydrogen) atoms. The summed E-state index contributed by atoms with van der Waals surface area (Å²) in [4.78, 5) is 24.5. The molecule has 0 saturated heterocycles. The third-order valence-corrected chi connectivity index (χ3v) is 3.33. The standard InChI is InChI=1S/C16H22N4O5/c1-4-25-16(22)14-6-12(8-20(14)10-24-3)18-15(21)13-5-11(17)7-19(13)9-23-2/h5-8H,4,9-10,17H2,1-3H3,(H,18,21). The summed E-state index contributed by atoms with van der Waals surface area (Å²) in [6.45, 7) is 2.32. The van der Waals surface area contributed by atoms with Crippen molar-refractivity contribution in [3.8, 4) is 0 Å². The summed E-state index contributed by atoms with van der Waals surface area (Å²) in [5.74, 6) is -0.870. The Kier molecular flexibility index (Phi) is 6.20. The van der Waals surface area contributed by atoms with Crippen molar-refractivity contribution >= 4 is 23.3 Å². The molecule has 3 N–H and O–H groups in total. The van der Waals surface area contributed by atoms with Crippen LogP contribution in [0.4, 0.5) is 11.4 Å². The lowest BCUT2D eigenvalue weighted by Gasteiger charge is -2.07. The lowest BCUT2D eigenvalue weighted by Crippen LogP contribution is -2.17. The summed E-state index contributed by atoms with van der Waals surface area (Å²) in [6.07, 6.45) is 3.21. The number of nitrogen functional groups attached to an aromatic ring is 1. The number of hydrogen-bond acceptors (Lipinski definition) is 6. The predicted octanol–water partition coefficient (Wildman–Crippen LogP) is 1.51. The van der Waals surface area contributed by atoms with Gasteiger partial charge in [0.2, 0.25) is 0 Å². The van der Waals surface area contributed by atoms with Gasteiger partial charge in [0.25, 0.3) is 5.91 Å². The first-order chi connectivity index (χ1) is 12.0. The Hall–Kier alpha value is -2.78. The number of carbonyl (C=O) groups excluding carboxylic acids is 2. The van der Waals surface area contributed by atoms with Crippen molar-refractivity contribution in [1.29, 1.82) is 0 Å². The third kappa shape index (κ3) is 4.40. The lowest BCUT2D eigenvalue weighted by atomic mass is 10.3. The molecule has 2 heterocycles. The molecule has 9 nitrogen and oxygen atoms in total. The fraction of sp³-hybridized carbons (Fsp3) is 0.375. The normalized spacial score (nSPS) is 10.7. The van der Waals surface area contributed by atoms with Crippen molar-refractivity contribution in [2.75, 3.05) is 31.9 Å². The summed E-state index contributed by atoms with van der Waals surface area (Å²) < 4.78 is 18.2. The average Bonchev–Trinajstić information content (AvgIpc) is 3.12. The van der Waals surface area contributed by atoms with Gasteiger partial charge in [-0.2, -0.15) is 0 Å². The van der Waals surface area contributed by atoms with Crippen molar-refractivity contribution in [2.45, 2.75) is 20.4 Å². The summed E-state index contributed by atoms with van der Waals surface area (Å²) in [5, 5.41) is 2.73. The molecule has 1 amide bonds. The first kappa shape index (κ1) is 18.6. The first-order valence-corrected chi connectivity index (χ1v) is 7.62. The molecule has 0 aliphatic heterocycles. The minimum Gasteiger partial charge on any atom is -0.461 e. The smallest absolute Gasteiger partial charge is 0.355 e. The molecule has 0 fully saturated rings. The second-order valence-corrected chi connectivity index (χ2v) is 5.22. The molecule has 2 rings (SSSR count). The van der Waals surface area contributed by atoms with Gasteiger partial charge < -0.3 is 34.4 Å². The number of amides is 1. The zero-order valence-electron chi connectivity index (χ0n) is 14.4. The van der Waals surface area contributed by atoms with Crippen LogP contribution in [0.3, 0.4) is 0 Å². The quantitative estimate of drug-likeness (QED) is 0.698. The third-order valence-electron chi connectivity index (χ3n) is 3.33. The van der Waals surface area contributed by atoms with E-state index in [1.54, 1.807) is 34.5 Å². The van der Waals surface area contributed by atoms with Crippen LogP contribution in [0.2, 0.25) is 0 Å². The second kappa shape index (κ2) is 8.36. The van der Waals surface area contributed by atoms with Gasteiger partial charge in [-0.05, 0) is 19.1 Å². The van der Waals surface area contributed by atoms with E-state index >= 15 is 0 Å². The van der Waals surface area contributed by atoms with Gasteiger partial charge in [-0.3, -0.25) is 4.79 Å². The molecule has 0 aliphatic carbocycles.